The average molecular weight is 432 g/mol. The van der Waals surface area contributed by atoms with Crippen molar-refractivity contribution in [3.8, 4) is 23.0 Å². The fourth-order valence-corrected chi connectivity index (χ4v) is 3.78. The summed E-state index contributed by atoms with van der Waals surface area (Å²) in [4.78, 5) is 13.4. The Morgan fingerprint density at radius 1 is 0.938 bits per heavy atom. The first-order valence-electron chi connectivity index (χ1n) is 10.1. The van der Waals surface area contributed by atoms with Gasteiger partial charge in [0.15, 0.2) is 11.5 Å². The molecule has 0 aliphatic carbocycles. The largest absolute Gasteiger partial charge is 0.507 e. The molecule has 164 valence electrons. The predicted molar refractivity (Wildman–Crippen MR) is 121 cm³/mol. The molecule has 1 atom stereocenters. The monoisotopic (exact) mass is 432 g/mol. The van der Waals surface area contributed by atoms with Gasteiger partial charge >= 0.3 is 0 Å². The highest BCUT2D eigenvalue weighted by atomic mass is 16.5. The van der Waals surface area contributed by atoms with Gasteiger partial charge in [0.05, 0.1) is 33.1 Å². The summed E-state index contributed by atoms with van der Waals surface area (Å²) in [6.07, 6.45) is 0.425. The summed E-state index contributed by atoms with van der Waals surface area (Å²) in [5.74, 6) is 1.53. The first kappa shape index (κ1) is 21.2. The lowest BCUT2D eigenvalue weighted by Gasteiger charge is -2.23. The zero-order valence-electron chi connectivity index (χ0n) is 18.1. The molecule has 1 heterocycles. The number of phenolic OH excluding ortho intramolecular Hbond substituents is 1. The van der Waals surface area contributed by atoms with Gasteiger partial charge in [-0.3, -0.25) is 4.79 Å². The average Bonchev–Trinajstić information content (AvgIpc) is 3.28. The van der Waals surface area contributed by atoms with Crippen LogP contribution in [0.15, 0.2) is 71.8 Å². The summed E-state index contributed by atoms with van der Waals surface area (Å²) >= 11 is 0. The summed E-state index contributed by atoms with van der Waals surface area (Å²) in [6.45, 7) is 0. The van der Waals surface area contributed by atoms with Crippen molar-refractivity contribution in [3.63, 3.8) is 0 Å². The fourth-order valence-electron chi connectivity index (χ4n) is 3.78. The van der Waals surface area contributed by atoms with Gasteiger partial charge in [-0.1, -0.05) is 24.3 Å². The van der Waals surface area contributed by atoms with E-state index in [1.54, 1.807) is 38.5 Å². The van der Waals surface area contributed by atoms with Crippen LogP contribution in [0, 0.1) is 0 Å². The molecule has 0 fully saturated rings. The molecule has 1 N–H and O–H groups in total. The quantitative estimate of drug-likeness (QED) is 0.624. The van der Waals surface area contributed by atoms with Crippen LogP contribution in [0.2, 0.25) is 0 Å². The number of carbonyl (C=O) groups excluding carboxylic acids is 1. The zero-order valence-corrected chi connectivity index (χ0v) is 18.1. The highest BCUT2D eigenvalue weighted by molar-refractivity contribution is 6.06. The molecular weight excluding hydrogens is 408 g/mol. The van der Waals surface area contributed by atoms with Gasteiger partial charge < -0.3 is 19.3 Å². The summed E-state index contributed by atoms with van der Waals surface area (Å²) < 4.78 is 16.0. The Labute approximate surface area is 186 Å². The number of hydrogen-bond acceptors (Lipinski definition) is 6. The number of carbonyl (C=O) groups is 1. The van der Waals surface area contributed by atoms with Crippen LogP contribution in [0.25, 0.3) is 0 Å². The van der Waals surface area contributed by atoms with E-state index >= 15 is 0 Å². The van der Waals surface area contributed by atoms with Crippen LogP contribution in [-0.2, 0) is 0 Å². The van der Waals surface area contributed by atoms with Gasteiger partial charge in [-0.05, 0) is 42.0 Å². The lowest BCUT2D eigenvalue weighted by atomic mass is 9.97. The van der Waals surface area contributed by atoms with E-state index in [1.165, 1.54) is 18.2 Å². The van der Waals surface area contributed by atoms with Crippen LogP contribution in [0.5, 0.6) is 23.0 Å². The van der Waals surface area contributed by atoms with Crippen molar-refractivity contribution >= 4 is 11.6 Å². The molecule has 7 heteroatoms. The highest BCUT2D eigenvalue weighted by Gasteiger charge is 2.35. The molecule has 0 radical (unpaired) electrons. The van der Waals surface area contributed by atoms with Crippen molar-refractivity contribution in [3.05, 3.63) is 83.4 Å². The third kappa shape index (κ3) is 3.97. The van der Waals surface area contributed by atoms with Gasteiger partial charge in [0.25, 0.3) is 5.91 Å². The van der Waals surface area contributed by atoms with E-state index in [4.69, 9.17) is 14.2 Å². The molecule has 1 aliphatic rings. The molecule has 1 unspecified atom stereocenters. The number of methoxy groups -OCH3 is 3. The second-order valence-corrected chi connectivity index (χ2v) is 7.28. The minimum Gasteiger partial charge on any atom is -0.507 e. The lowest BCUT2D eigenvalue weighted by molar-refractivity contribution is 0.0711. The molecule has 0 saturated carbocycles. The molecule has 1 aliphatic heterocycles. The summed E-state index contributed by atoms with van der Waals surface area (Å²) in [7, 11) is 4.68. The van der Waals surface area contributed by atoms with Gasteiger partial charge in [0.1, 0.15) is 11.5 Å². The maximum atomic E-state index is 13.4. The molecule has 0 saturated heterocycles. The standard InChI is InChI=1S/C25H24N2O5/c1-30-18-10-11-19(22(28)14-18)20-15-21(17-9-12-23(31-2)24(13-17)32-3)27(26-20)25(29)16-7-5-4-6-8-16/h4-14,21,28H,15H2,1-3H3. The van der Waals surface area contributed by atoms with Crippen LogP contribution >= 0.6 is 0 Å². The number of amides is 1. The van der Waals surface area contributed by atoms with E-state index in [2.05, 4.69) is 5.10 Å². The first-order chi connectivity index (χ1) is 15.5. The van der Waals surface area contributed by atoms with Crippen LogP contribution in [0.1, 0.15) is 33.9 Å². The number of benzene rings is 3. The highest BCUT2D eigenvalue weighted by Crippen LogP contribution is 2.39. The molecule has 4 rings (SSSR count). The van der Waals surface area contributed by atoms with E-state index in [9.17, 15) is 9.90 Å². The maximum absolute atomic E-state index is 13.4. The van der Waals surface area contributed by atoms with E-state index in [-0.39, 0.29) is 17.7 Å². The number of hydrogen-bond donors (Lipinski definition) is 1. The normalized spacial score (nSPS) is 15.3. The Kier molecular flexibility index (Phi) is 5.98. The van der Waals surface area contributed by atoms with Crippen LogP contribution in [0.3, 0.4) is 0 Å². The van der Waals surface area contributed by atoms with Crippen molar-refractivity contribution < 1.29 is 24.1 Å². The summed E-state index contributed by atoms with van der Waals surface area (Å²) in [5.41, 5.74) is 2.54. The smallest absolute Gasteiger partial charge is 0.274 e. The van der Waals surface area contributed by atoms with Gasteiger partial charge in [-0.2, -0.15) is 5.10 Å². The SMILES string of the molecule is COc1ccc(C2=NN(C(=O)c3ccccc3)C(c3ccc(OC)c(OC)c3)C2)c(O)c1. The van der Waals surface area contributed by atoms with E-state index in [0.29, 0.717) is 40.5 Å². The summed E-state index contributed by atoms with van der Waals surface area (Å²) in [6, 6.07) is 19.2. The fraction of sp³-hybridized carbons (Fsp3) is 0.200. The Morgan fingerprint density at radius 3 is 2.34 bits per heavy atom. The predicted octanol–water partition coefficient (Wildman–Crippen LogP) is 4.41. The molecule has 0 spiro atoms. The van der Waals surface area contributed by atoms with Crippen molar-refractivity contribution in [1.29, 1.82) is 0 Å². The third-order valence-electron chi connectivity index (χ3n) is 5.45. The third-order valence-corrected chi connectivity index (χ3v) is 5.45. The molecule has 7 nitrogen and oxygen atoms in total. The summed E-state index contributed by atoms with van der Waals surface area (Å²) in [5, 5.41) is 16.6. The molecule has 3 aromatic carbocycles. The minimum absolute atomic E-state index is 0.0446. The number of hydrazone groups is 1. The van der Waals surface area contributed by atoms with Gasteiger partial charge in [-0.15, -0.1) is 0 Å². The minimum atomic E-state index is -0.376. The molecule has 0 bridgehead atoms. The van der Waals surface area contributed by atoms with Gasteiger partial charge in [-0.25, -0.2) is 5.01 Å². The Bertz CT molecular complexity index is 1160. The molecule has 0 aromatic heterocycles. The number of phenols is 1. The van der Waals surface area contributed by atoms with Crippen molar-refractivity contribution in [2.75, 3.05) is 21.3 Å². The number of nitrogens with zero attached hydrogens (tertiary/aromatic N) is 2. The molecular formula is C25H24N2O5. The Morgan fingerprint density at radius 2 is 1.69 bits per heavy atom. The first-order valence-corrected chi connectivity index (χ1v) is 10.1. The zero-order chi connectivity index (χ0) is 22.7. The molecule has 1 amide bonds. The van der Waals surface area contributed by atoms with E-state index in [0.717, 1.165) is 5.56 Å². The Hall–Kier alpha value is -4.00. The molecule has 32 heavy (non-hydrogen) atoms. The number of ether oxygens (including phenoxy) is 3. The molecule has 3 aromatic rings. The van der Waals surface area contributed by atoms with E-state index in [1.807, 2.05) is 36.4 Å². The van der Waals surface area contributed by atoms with E-state index < -0.39 is 0 Å². The van der Waals surface area contributed by atoms with Gasteiger partial charge in [0, 0.05) is 23.6 Å². The van der Waals surface area contributed by atoms with Crippen LogP contribution in [-0.4, -0.2) is 43.1 Å². The Balaban J connectivity index is 1.76. The van der Waals surface area contributed by atoms with Crippen molar-refractivity contribution in [2.24, 2.45) is 5.10 Å². The van der Waals surface area contributed by atoms with Gasteiger partial charge in [0.2, 0.25) is 0 Å². The lowest BCUT2D eigenvalue weighted by Crippen LogP contribution is -2.27. The van der Waals surface area contributed by atoms with Crippen molar-refractivity contribution in [1.82, 2.24) is 5.01 Å². The number of aromatic hydroxyl groups is 1. The second kappa shape index (κ2) is 9.01. The van der Waals surface area contributed by atoms with Crippen molar-refractivity contribution in [2.45, 2.75) is 12.5 Å². The maximum Gasteiger partial charge on any atom is 0.274 e. The van der Waals surface area contributed by atoms with Crippen LogP contribution in [0.4, 0.5) is 0 Å². The topological polar surface area (TPSA) is 80.6 Å². The van der Waals surface area contributed by atoms with Crippen LogP contribution < -0.4 is 14.2 Å². The second-order valence-electron chi connectivity index (χ2n) is 7.28. The number of rotatable bonds is 6.